The molecule has 0 radical (unpaired) electrons. The van der Waals surface area contributed by atoms with Gasteiger partial charge in [-0.3, -0.25) is 0 Å². The second-order valence-electron chi connectivity index (χ2n) is 3.99. The Morgan fingerprint density at radius 3 is 2.37 bits per heavy atom. The molecule has 2 rings (SSSR count). The van der Waals surface area contributed by atoms with Gasteiger partial charge in [-0.25, -0.2) is 13.2 Å². The molecule has 0 fully saturated rings. The summed E-state index contributed by atoms with van der Waals surface area (Å²) in [5.41, 5.74) is 6.58. The second-order valence-corrected chi connectivity index (χ2v) is 5.01. The van der Waals surface area contributed by atoms with E-state index in [-0.39, 0.29) is 18.1 Å². The van der Waals surface area contributed by atoms with E-state index in [0.717, 1.165) is 17.8 Å². The lowest BCUT2D eigenvalue weighted by Gasteiger charge is -2.06. The minimum absolute atomic E-state index is 0.275. The Labute approximate surface area is 113 Å². The van der Waals surface area contributed by atoms with Crippen molar-refractivity contribution in [2.75, 3.05) is 0 Å². The highest BCUT2D eigenvalue weighted by atomic mass is 32.2. The molecule has 2 N–H and O–H groups in total. The van der Waals surface area contributed by atoms with Crippen LogP contribution in [-0.4, -0.2) is 0 Å². The molecule has 0 saturated heterocycles. The van der Waals surface area contributed by atoms with Crippen molar-refractivity contribution in [3.63, 3.8) is 0 Å². The zero-order valence-corrected chi connectivity index (χ0v) is 10.8. The number of hydrogen-bond donors (Lipinski definition) is 1. The summed E-state index contributed by atoms with van der Waals surface area (Å²) in [6.45, 7) is 0.275. The molecule has 0 saturated carbocycles. The lowest BCUT2D eigenvalue weighted by molar-refractivity contribution is 0.565. The maximum Gasteiger partial charge on any atom is 0.139 e. The standard InChI is InChI=1S/C14H12F3NS/c15-11-3-4-14(13(17)6-11)19-8-10-2-1-9(7-18)5-12(10)16/h1-6H,7-8,18H2. The van der Waals surface area contributed by atoms with E-state index in [1.54, 1.807) is 12.1 Å². The molecule has 0 aliphatic heterocycles. The fraction of sp³-hybridized carbons (Fsp3) is 0.143. The molecule has 0 aromatic heterocycles. The molecule has 0 atom stereocenters. The van der Waals surface area contributed by atoms with Crippen LogP contribution in [0.5, 0.6) is 0 Å². The topological polar surface area (TPSA) is 26.0 Å². The Hall–Kier alpha value is -1.46. The van der Waals surface area contributed by atoms with E-state index in [1.807, 2.05) is 0 Å². The highest BCUT2D eigenvalue weighted by molar-refractivity contribution is 7.98. The fourth-order valence-electron chi connectivity index (χ4n) is 1.58. The monoisotopic (exact) mass is 283 g/mol. The van der Waals surface area contributed by atoms with Gasteiger partial charge in [0.05, 0.1) is 0 Å². The molecular weight excluding hydrogens is 271 g/mol. The predicted octanol–water partition coefficient (Wildman–Crippen LogP) is 3.85. The zero-order chi connectivity index (χ0) is 13.8. The van der Waals surface area contributed by atoms with Gasteiger partial charge in [0.1, 0.15) is 17.5 Å². The fourth-order valence-corrected chi connectivity index (χ4v) is 2.49. The minimum Gasteiger partial charge on any atom is -0.326 e. The van der Waals surface area contributed by atoms with Gasteiger partial charge in [0.2, 0.25) is 0 Å². The van der Waals surface area contributed by atoms with E-state index in [4.69, 9.17) is 5.73 Å². The summed E-state index contributed by atoms with van der Waals surface area (Å²) >= 11 is 1.12. The maximum atomic E-state index is 13.7. The first-order chi connectivity index (χ1) is 9.10. The van der Waals surface area contributed by atoms with Crippen LogP contribution < -0.4 is 5.73 Å². The van der Waals surface area contributed by atoms with E-state index < -0.39 is 11.6 Å². The third kappa shape index (κ3) is 3.52. The second kappa shape index (κ2) is 6.12. The Kier molecular flexibility index (Phi) is 4.50. The maximum absolute atomic E-state index is 13.7. The lowest BCUT2D eigenvalue weighted by atomic mass is 10.1. The van der Waals surface area contributed by atoms with Crippen LogP contribution in [0.15, 0.2) is 41.3 Å². The zero-order valence-electron chi connectivity index (χ0n) is 10.00. The van der Waals surface area contributed by atoms with Crippen LogP contribution in [0.3, 0.4) is 0 Å². The van der Waals surface area contributed by atoms with Crippen molar-refractivity contribution in [1.29, 1.82) is 0 Å². The van der Waals surface area contributed by atoms with Crippen LogP contribution in [0.4, 0.5) is 13.2 Å². The van der Waals surface area contributed by atoms with Crippen molar-refractivity contribution in [2.24, 2.45) is 5.73 Å². The summed E-state index contributed by atoms with van der Waals surface area (Å²) in [5.74, 6) is -1.35. The molecule has 100 valence electrons. The van der Waals surface area contributed by atoms with Crippen LogP contribution in [0, 0.1) is 17.5 Å². The highest BCUT2D eigenvalue weighted by Crippen LogP contribution is 2.27. The van der Waals surface area contributed by atoms with E-state index in [9.17, 15) is 13.2 Å². The largest absolute Gasteiger partial charge is 0.326 e. The van der Waals surface area contributed by atoms with Gasteiger partial charge in [-0.2, -0.15) is 0 Å². The van der Waals surface area contributed by atoms with Gasteiger partial charge in [-0.1, -0.05) is 12.1 Å². The molecule has 0 bridgehead atoms. The van der Waals surface area contributed by atoms with Gasteiger partial charge in [-0.15, -0.1) is 11.8 Å². The van der Waals surface area contributed by atoms with Gasteiger partial charge in [0.15, 0.2) is 0 Å². The van der Waals surface area contributed by atoms with Gasteiger partial charge >= 0.3 is 0 Å². The average molecular weight is 283 g/mol. The van der Waals surface area contributed by atoms with Crippen LogP contribution in [0.2, 0.25) is 0 Å². The summed E-state index contributed by atoms with van der Waals surface area (Å²) in [5, 5.41) is 0. The molecule has 2 aromatic rings. The first-order valence-corrected chi connectivity index (χ1v) is 6.64. The molecular formula is C14H12F3NS. The van der Waals surface area contributed by atoms with E-state index in [2.05, 4.69) is 0 Å². The van der Waals surface area contributed by atoms with Crippen molar-refractivity contribution >= 4 is 11.8 Å². The SMILES string of the molecule is NCc1ccc(CSc2ccc(F)cc2F)c(F)c1. The Morgan fingerprint density at radius 1 is 0.947 bits per heavy atom. The van der Waals surface area contributed by atoms with Crippen molar-refractivity contribution in [3.05, 3.63) is 65.0 Å². The number of halogens is 3. The minimum atomic E-state index is -0.635. The Morgan fingerprint density at radius 2 is 1.74 bits per heavy atom. The first kappa shape index (κ1) is 14.0. The van der Waals surface area contributed by atoms with Crippen molar-refractivity contribution in [2.45, 2.75) is 17.2 Å². The molecule has 0 heterocycles. The number of thioether (sulfide) groups is 1. The third-order valence-electron chi connectivity index (χ3n) is 2.63. The molecule has 0 unspecified atom stereocenters. The van der Waals surface area contributed by atoms with Gasteiger partial charge in [-0.05, 0) is 29.3 Å². The van der Waals surface area contributed by atoms with E-state index in [0.29, 0.717) is 16.0 Å². The molecule has 1 nitrogen and oxygen atoms in total. The quantitative estimate of drug-likeness (QED) is 0.862. The molecule has 0 aliphatic rings. The normalized spacial score (nSPS) is 10.7. The molecule has 0 spiro atoms. The number of hydrogen-bond acceptors (Lipinski definition) is 2. The van der Waals surface area contributed by atoms with Gasteiger partial charge in [0, 0.05) is 23.3 Å². The predicted molar refractivity (Wildman–Crippen MR) is 70.2 cm³/mol. The van der Waals surface area contributed by atoms with Crippen molar-refractivity contribution < 1.29 is 13.2 Å². The van der Waals surface area contributed by atoms with Gasteiger partial charge < -0.3 is 5.73 Å². The van der Waals surface area contributed by atoms with E-state index in [1.165, 1.54) is 18.2 Å². The molecule has 0 amide bonds. The Balaban J connectivity index is 2.10. The number of rotatable bonds is 4. The summed E-state index contributed by atoms with van der Waals surface area (Å²) < 4.78 is 39.8. The van der Waals surface area contributed by atoms with Crippen molar-refractivity contribution in [3.8, 4) is 0 Å². The average Bonchev–Trinajstić information content (AvgIpc) is 2.39. The third-order valence-corrected chi connectivity index (χ3v) is 3.73. The summed E-state index contributed by atoms with van der Waals surface area (Å²) in [7, 11) is 0. The molecule has 19 heavy (non-hydrogen) atoms. The number of benzene rings is 2. The Bertz CT molecular complexity index is 587. The molecule has 0 aliphatic carbocycles. The summed E-state index contributed by atoms with van der Waals surface area (Å²) in [4.78, 5) is 0.295. The first-order valence-electron chi connectivity index (χ1n) is 5.65. The van der Waals surface area contributed by atoms with Crippen LogP contribution >= 0.6 is 11.8 Å². The van der Waals surface area contributed by atoms with Gasteiger partial charge in [0.25, 0.3) is 0 Å². The lowest BCUT2D eigenvalue weighted by Crippen LogP contribution is -1.98. The summed E-state index contributed by atoms with van der Waals surface area (Å²) in [6.07, 6.45) is 0. The highest BCUT2D eigenvalue weighted by Gasteiger charge is 2.08. The smallest absolute Gasteiger partial charge is 0.139 e. The molecule has 5 heteroatoms. The van der Waals surface area contributed by atoms with Crippen molar-refractivity contribution in [1.82, 2.24) is 0 Å². The molecule has 2 aromatic carbocycles. The summed E-state index contributed by atoms with van der Waals surface area (Å²) in [6, 6.07) is 8.08. The van der Waals surface area contributed by atoms with E-state index >= 15 is 0 Å². The van der Waals surface area contributed by atoms with Crippen LogP contribution in [0.25, 0.3) is 0 Å². The van der Waals surface area contributed by atoms with Crippen LogP contribution in [0.1, 0.15) is 11.1 Å². The van der Waals surface area contributed by atoms with Crippen LogP contribution in [-0.2, 0) is 12.3 Å². The number of nitrogens with two attached hydrogens (primary N) is 1.